The van der Waals surface area contributed by atoms with Gasteiger partial charge in [-0.25, -0.2) is 9.78 Å². The number of aromatic nitrogens is 2. The number of H-pyrrole nitrogens is 1. The van der Waals surface area contributed by atoms with E-state index in [9.17, 15) is 0 Å². The lowest BCUT2D eigenvalue weighted by molar-refractivity contribution is 0.137. The maximum Gasteiger partial charge on any atom is 0.503 e. The molecule has 6 nitrogen and oxygen atoms in total. The molecule has 1 aromatic heterocycles. The lowest BCUT2D eigenvalue weighted by Crippen LogP contribution is -1.81. The van der Waals surface area contributed by atoms with E-state index in [1.807, 2.05) is 0 Å². The van der Waals surface area contributed by atoms with Gasteiger partial charge in [-0.2, -0.15) is 0 Å². The second-order valence-electron chi connectivity index (χ2n) is 1.04. The summed E-state index contributed by atoms with van der Waals surface area (Å²) in [6.45, 7) is 0. The lowest BCUT2D eigenvalue weighted by atomic mass is 11.0. The van der Waals surface area contributed by atoms with Gasteiger partial charge < -0.3 is 21.3 Å². The minimum Gasteiger partial charge on any atom is -0.450 e. The Kier molecular flexibility index (Phi) is 8.38. The molecule has 6 N–H and O–H groups in total. The number of aromatic amines is 1. The first kappa shape index (κ1) is 11.3. The van der Waals surface area contributed by atoms with Crippen molar-refractivity contribution < 1.29 is 15.0 Å². The van der Waals surface area contributed by atoms with Crippen LogP contribution in [0.5, 0.6) is 0 Å². The topological polar surface area (TPSA) is 121 Å². The average Bonchev–Trinajstić information content (AvgIpc) is 2.11. The van der Waals surface area contributed by atoms with Gasteiger partial charge in [0.25, 0.3) is 0 Å². The van der Waals surface area contributed by atoms with E-state index in [1.54, 1.807) is 18.7 Å². The summed E-state index contributed by atoms with van der Waals surface area (Å²) in [5.74, 6) is 0. The maximum atomic E-state index is 8.56. The van der Waals surface area contributed by atoms with E-state index < -0.39 is 6.16 Å². The third kappa shape index (κ3) is 16.1. The van der Waals surface area contributed by atoms with Crippen LogP contribution in [-0.2, 0) is 0 Å². The van der Waals surface area contributed by atoms with Crippen molar-refractivity contribution >= 4 is 6.16 Å². The molecular weight excluding hydrogens is 138 g/mol. The van der Waals surface area contributed by atoms with Gasteiger partial charge in [-0.3, -0.25) is 0 Å². The van der Waals surface area contributed by atoms with Crippen LogP contribution >= 0.6 is 0 Å². The fraction of sp³-hybridized carbons (Fsp3) is 0. The van der Waals surface area contributed by atoms with Crippen LogP contribution in [0.15, 0.2) is 18.7 Å². The Morgan fingerprint density at radius 1 is 1.50 bits per heavy atom. The molecule has 0 amide bonds. The summed E-state index contributed by atoms with van der Waals surface area (Å²) in [5.41, 5.74) is 0. The highest BCUT2D eigenvalue weighted by Gasteiger charge is 1.70. The van der Waals surface area contributed by atoms with Crippen LogP contribution in [-0.4, -0.2) is 26.3 Å². The number of imidazole rings is 1. The monoisotopic (exact) mass is 147 g/mol. The van der Waals surface area contributed by atoms with Crippen LogP contribution in [0.1, 0.15) is 0 Å². The third-order valence-electron chi connectivity index (χ3n) is 0.406. The highest BCUT2D eigenvalue weighted by atomic mass is 16.6. The van der Waals surface area contributed by atoms with Crippen molar-refractivity contribution in [2.75, 3.05) is 0 Å². The van der Waals surface area contributed by atoms with Gasteiger partial charge >= 0.3 is 6.16 Å². The predicted molar refractivity (Wildman–Crippen MR) is 34.3 cm³/mol. The molecule has 0 saturated carbocycles. The van der Waals surface area contributed by atoms with Gasteiger partial charge in [-0.05, 0) is 0 Å². The van der Waals surface area contributed by atoms with Crippen LogP contribution in [0.4, 0.5) is 4.79 Å². The molecule has 0 fully saturated rings. The second-order valence-corrected chi connectivity index (χ2v) is 1.04. The molecule has 0 unspecified atom stereocenters. The molecule has 1 rings (SSSR count). The van der Waals surface area contributed by atoms with Gasteiger partial charge in [0.15, 0.2) is 0 Å². The van der Waals surface area contributed by atoms with Gasteiger partial charge in [0, 0.05) is 12.4 Å². The van der Waals surface area contributed by atoms with Crippen LogP contribution in [0.25, 0.3) is 0 Å². The molecule has 58 valence electrons. The third-order valence-corrected chi connectivity index (χ3v) is 0.406. The number of hydrogen-bond donors (Lipinski definition) is 4. The first-order valence-electron chi connectivity index (χ1n) is 2.08. The molecule has 1 heterocycles. The minimum absolute atomic E-state index is 0. The van der Waals surface area contributed by atoms with Gasteiger partial charge in [0.1, 0.15) is 0 Å². The predicted octanol–water partition coefficient (Wildman–Crippen LogP) is 0.794. The van der Waals surface area contributed by atoms with E-state index in [-0.39, 0.29) is 6.15 Å². The van der Waals surface area contributed by atoms with Gasteiger partial charge in [-0.15, -0.1) is 0 Å². The lowest BCUT2D eigenvalue weighted by Gasteiger charge is -1.60. The molecular formula is C4H9N3O3. The van der Waals surface area contributed by atoms with Crippen molar-refractivity contribution in [3.63, 3.8) is 0 Å². The zero-order valence-corrected chi connectivity index (χ0v) is 5.19. The van der Waals surface area contributed by atoms with E-state index in [2.05, 4.69) is 9.97 Å². The van der Waals surface area contributed by atoms with Crippen molar-refractivity contribution in [3.8, 4) is 0 Å². The molecule has 0 aliphatic rings. The molecule has 0 saturated heterocycles. The van der Waals surface area contributed by atoms with E-state index in [0.717, 1.165) is 0 Å². The Balaban J connectivity index is 0. The van der Waals surface area contributed by atoms with Crippen molar-refractivity contribution in [1.82, 2.24) is 16.1 Å². The van der Waals surface area contributed by atoms with Crippen molar-refractivity contribution in [2.45, 2.75) is 0 Å². The van der Waals surface area contributed by atoms with E-state index in [1.165, 1.54) is 0 Å². The highest BCUT2D eigenvalue weighted by molar-refractivity contribution is 5.53. The van der Waals surface area contributed by atoms with Gasteiger partial charge in [0.2, 0.25) is 0 Å². The maximum absolute atomic E-state index is 8.56. The van der Waals surface area contributed by atoms with Crippen LogP contribution in [0.3, 0.4) is 0 Å². The summed E-state index contributed by atoms with van der Waals surface area (Å²) in [7, 11) is 0. The molecule has 0 spiro atoms. The van der Waals surface area contributed by atoms with Crippen molar-refractivity contribution in [1.29, 1.82) is 0 Å². The summed E-state index contributed by atoms with van der Waals surface area (Å²) < 4.78 is 0. The number of carbonyl (C=O) groups is 1. The summed E-state index contributed by atoms with van der Waals surface area (Å²) in [4.78, 5) is 15.0. The Hall–Kier alpha value is -1.56. The number of carboxylic acid groups (broad SMARTS) is 2. The molecule has 0 bridgehead atoms. The largest absolute Gasteiger partial charge is 0.503 e. The number of rotatable bonds is 0. The SMILES string of the molecule is N.O=C(O)O.c1c[nH]cn1. The normalized spacial score (nSPS) is 6.40. The Morgan fingerprint density at radius 2 is 2.00 bits per heavy atom. The van der Waals surface area contributed by atoms with Crippen LogP contribution in [0.2, 0.25) is 0 Å². The highest BCUT2D eigenvalue weighted by Crippen LogP contribution is 1.62. The van der Waals surface area contributed by atoms with Crippen LogP contribution < -0.4 is 6.15 Å². The molecule has 0 aliphatic heterocycles. The molecule has 6 heteroatoms. The standard InChI is InChI=1S/C3H4N2.CH2O3.H3N/c1-2-5-3-4-1;2-1(3)4;/h1-3H,(H,4,5);(H2,2,3,4);1H3. The summed E-state index contributed by atoms with van der Waals surface area (Å²) in [5, 5.41) is 13.9. The fourth-order valence-corrected chi connectivity index (χ4v) is 0.215. The van der Waals surface area contributed by atoms with E-state index >= 15 is 0 Å². The zero-order chi connectivity index (χ0) is 7.11. The zero-order valence-electron chi connectivity index (χ0n) is 5.19. The molecule has 0 aromatic carbocycles. The quantitative estimate of drug-likeness (QED) is 0.432. The Labute approximate surface area is 57.1 Å². The van der Waals surface area contributed by atoms with E-state index in [4.69, 9.17) is 15.0 Å². The van der Waals surface area contributed by atoms with Gasteiger partial charge in [0.05, 0.1) is 6.33 Å². The first-order chi connectivity index (χ1) is 4.23. The first-order valence-corrected chi connectivity index (χ1v) is 2.08. The summed E-state index contributed by atoms with van der Waals surface area (Å²) >= 11 is 0. The van der Waals surface area contributed by atoms with Crippen LogP contribution in [0, 0.1) is 0 Å². The van der Waals surface area contributed by atoms with E-state index in [0.29, 0.717) is 0 Å². The van der Waals surface area contributed by atoms with Gasteiger partial charge in [-0.1, -0.05) is 0 Å². The number of nitrogens with zero attached hydrogens (tertiary/aromatic N) is 1. The molecule has 1 aromatic rings. The minimum atomic E-state index is -1.83. The molecule has 10 heavy (non-hydrogen) atoms. The number of nitrogens with one attached hydrogen (secondary N) is 1. The average molecular weight is 147 g/mol. The summed E-state index contributed by atoms with van der Waals surface area (Å²) in [6.07, 6.45) is 3.25. The molecule has 0 aliphatic carbocycles. The molecule has 0 atom stereocenters. The fourth-order valence-electron chi connectivity index (χ4n) is 0.215. The second kappa shape index (κ2) is 7.44. The Bertz CT molecular complexity index is 130. The smallest absolute Gasteiger partial charge is 0.450 e. The van der Waals surface area contributed by atoms with Crippen molar-refractivity contribution in [2.24, 2.45) is 0 Å². The number of hydrogen-bond acceptors (Lipinski definition) is 3. The van der Waals surface area contributed by atoms with Crippen molar-refractivity contribution in [3.05, 3.63) is 18.7 Å². The summed E-state index contributed by atoms with van der Waals surface area (Å²) in [6, 6.07) is 0. The Morgan fingerprint density at radius 3 is 2.10 bits per heavy atom. The molecule has 0 radical (unpaired) electrons.